The highest BCUT2D eigenvalue weighted by Gasteiger charge is 1.99. The minimum atomic E-state index is 1.18. The molecule has 1 heteroatoms. The molecule has 3 aromatic rings. The van der Waals surface area contributed by atoms with Gasteiger partial charge in [-0.05, 0) is 10.8 Å². The maximum Gasteiger partial charge on any atom is 0.0712 e. The average Bonchev–Trinajstić information content (AvgIpc) is 2.65. The van der Waals surface area contributed by atoms with Gasteiger partial charge in [0.2, 0.25) is 0 Å². The molecule has 0 bridgehead atoms. The van der Waals surface area contributed by atoms with Crippen LogP contribution in [0.3, 0.4) is 0 Å². The summed E-state index contributed by atoms with van der Waals surface area (Å²) in [6, 6.07) is 12.6. The topological polar surface area (TPSA) is 15.8 Å². The summed E-state index contributed by atoms with van der Waals surface area (Å²) >= 11 is 0. The molecular formula is C12H8N. The number of aromatic amines is 1. The number of H-pyrrole nitrogens is 1. The van der Waals surface area contributed by atoms with Crippen LogP contribution in [0.1, 0.15) is 0 Å². The lowest BCUT2D eigenvalue weighted by Crippen LogP contribution is -1.71. The number of benzene rings is 2. The van der Waals surface area contributed by atoms with Crippen molar-refractivity contribution in [3.63, 3.8) is 0 Å². The third kappa shape index (κ3) is 0.872. The van der Waals surface area contributed by atoms with Crippen LogP contribution in [-0.2, 0) is 0 Å². The molecule has 1 nitrogen and oxygen atoms in total. The van der Waals surface area contributed by atoms with Crippen molar-refractivity contribution in [1.29, 1.82) is 0 Å². The quantitative estimate of drug-likeness (QED) is 0.528. The van der Waals surface area contributed by atoms with Crippen LogP contribution in [0.2, 0.25) is 0 Å². The summed E-state index contributed by atoms with van der Waals surface area (Å²) in [6.45, 7) is 0. The lowest BCUT2D eigenvalue weighted by Gasteiger charge is -1.97. The number of aromatic nitrogens is 1. The van der Waals surface area contributed by atoms with Crippen molar-refractivity contribution >= 4 is 21.5 Å². The highest BCUT2D eigenvalue weighted by molar-refractivity contribution is 6.06. The zero-order valence-electron chi connectivity index (χ0n) is 7.04. The summed E-state index contributed by atoms with van der Waals surface area (Å²) in [6.07, 6.45) is 5.11. The normalized spacial score (nSPS) is 11.1. The first-order chi connectivity index (χ1) is 6.45. The fraction of sp³-hybridized carbons (Fsp3) is 0. The third-order valence-corrected chi connectivity index (χ3v) is 2.39. The van der Waals surface area contributed by atoms with Crippen molar-refractivity contribution in [2.45, 2.75) is 0 Å². The number of nitrogens with one attached hydrogen (secondary N) is 1. The number of hydrogen-bond acceptors (Lipinski definition) is 0. The van der Waals surface area contributed by atoms with E-state index in [1.165, 1.54) is 21.5 Å². The van der Waals surface area contributed by atoms with Crippen LogP contribution in [0.25, 0.3) is 21.5 Å². The van der Waals surface area contributed by atoms with Crippen molar-refractivity contribution in [2.75, 3.05) is 0 Å². The monoisotopic (exact) mass is 166 g/mol. The molecule has 13 heavy (non-hydrogen) atoms. The van der Waals surface area contributed by atoms with E-state index in [4.69, 9.17) is 0 Å². The number of hydrogen-bond donors (Lipinski definition) is 1. The van der Waals surface area contributed by atoms with Crippen LogP contribution in [0.4, 0.5) is 0 Å². The molecular weight excluding hydrogens is 158 g/mol. The Bertz CT molecular complexity index is 563. The van der Waals surface area contributed by atoms with Crippen molar-refractivity contribution in [3.8, 4) is 0 Å². The van der Waals surface area contributed by atoms with E-state index in [9.17, 15) is 0 Å². The zero-order valence-corrected chi connectivity index (χ0v) is 7.04. The summed E-state index contributed by atoms with van der Waals surface area (Å²) in [7, 11) is 0. The zero-order chi connectivity index (χ0) is 8.67. The fourth-order valence-corrected chi connectivity index (χ4v) is 1.73. The Balaban J connectivity index is 2.65. The van der Waals surface area contributed by atoms with Gasteiger partial charge >= 0.3 is 0 Å². The van der Waals surface area contributed by atoms with Gasteiger partial charge in [-0.25, -0.2) is 0 Å². The summed E-state index contributed by atoms with van der Waals surface area (Å²) in [4.78, 5) is 3.00. The van der Waals surface area contributed by atoms with Crippen molar-refractivity contribution in [2.24, 2.45) is 0 Å². The van der Waals surface area contributed by atoms with Crippen LogP contribution in [0.15, 0.2) is 42.6 Å². The van der Waals surface area contributed by atoms with Gasteiger partial charge in [0.15, 0.2) is 0 Å². The Morgan fingerprint density at radius 1 is 0.923 bits per heavy atom. The largest absolute Gasteiger partial charge is 0.359 e. The van der Waals surface area contributed by atoms with Gasteiger partial charge in [0.05, 0.1) is 6.20 Å². The summed E-state index contributed by atoms with van der Waals surface area (Å²) in [5.74, 6) is 0. The molecule has 1 aromatic heterocycles. The Hall–Kier alpha value is -1.76. The standard InChI is InChI=1S/C12H8N/c1-2-4-11-9(3-1)5-6-10-7-13-8-12(10)11/h1-7,13H. The summed E-state index contributed by atoms with van der Waals surface area (Å²) in [5.41, 5.74) is 0. The van der Waals surface area contributed by atoms with E-state index in [2.05, 4.69) is 47.6 Å². The van der Waals surface area contributed by atoms with Gasteiger partial charge in [-0.2, -0.15) is 0 Å². The number of rotatable bonds is 0. The predicted molar refractivity (Wildman–Crippen MR) is 54.6 cm³/mol. The first-order valence-corrected chi connectivity index (χ1v) is 4.32. The van der Waals surface area contributed by atoms with Gasteiger partial charge in [0, 0.05) is 17.0 Å². The van der Waals surface area contributed by atoms with E-state index in [0.717, 1.165) is 0 Å². The molecule has 0 saturated carbocycles. The van der Waals surface area contributed by atoms with Gasteiger partial charge in [0.1, 0.15) is 0 Å². The van der Waals surface area contributed by atoms with Gasteiger partial charge in [-0.1, -0.05) is 36.4 Å². The van der Waals surface area contributed by atoms with E-state index in [0.29, 0.717) is 0 Å². The third-order valence-electron chi connectivity index (χ3n) is 2.39. The summed E-state index contributed by atoms with van der Waals surface area (Å²) < 4.78 is 0. The maximum absolute atomic E-state index is 3.14. The second-order valence-corrected chi connectivity index (χ2v) is 3.16. The summed E-state index contributed by atoms with van der Waals surface area (Å²) in [5, 5.41) is 4.93. The first kappa shape index (κ1) is 6.72. The predicted octanol–water partition coefficient (Wildman–Crippen LogP) is 3.12. The van der Waals surface area contributed by atoms with Crippen LogP contribution in [0, 0.1) is 6.20 Å². The van der Waals surface area contributed by atoms with Gasteiger partial charge < -0.3 is 4.98 Å². The Morgan fingerprint density at radius 3 is 2.77 bits per heavy atom. The smallest absolute Gasteiger partial charge is 0.0712 e. The van der Waals surface area contributed by atoms with E-state index < -0.39 is 0 Å². The first-order valence-electron chi connectivity index (χ1n) is 4.32. The Morgan fingerprint density at radius 2 is 1.77 bits per heavy atom. The SMILES string of the molecule is [c]1[nH]cc2ccc3ccccc3c12. The molecule has 0 spiro atoms. The molecule has 0 aliphatic rings. The molecule has 2 aromatic carbocycles. The lowest BCUT2D eigenvalue weighted by atomic mass is 10.1. The number of fused-ring (bicyclic) bond motifs is 3. The van der Waals surface area contributed by atoms with Crippen molar-refractivity contribution in [3.05, 3.63) is 48.8 Å². The van der Waals surface area contributed by atoms with E-state index in [1.54, 1.807) is 0 Å². The molecule has 61 valence electrons. The molecule has 1 N–H and O–H groups in total. The highest BCUT2D eigenvalue weighted by Crippen LogP contribution is 2.23. The van der Waals surface area contributed by atoms with Gasteiger partial charge in [0.25, 0.3) is 0 Å². The highest BCUT2D eigenvalue weighted by atomic mass is 14.6. The molecule has 0 amide bonds. The Labute approximate surface area is 76.0 Å². The molecule has 0 aliphatic heterocycles. The molecule has 0 aliphatic carbocycles. The average molecular weight is 166 g/mol. The molecule has 0 fully saturated rings. The minimum Gasteiger partial charge on any atom is -0.359 e. The van der Waals surface area contributed by atoms with Gasteiger partial charge in [-0.15, -0.1) is 0 Å². The molecule has 3 rings (SSSR count). The second-order valence-electron chi connectivity index (χ2n) is 3.16. The Kier molecular flexibility index (Phi) is 1.22. The van der Waals surface area contributed by atoms with Crippen molar-refractivity contribution < 1.29 is 0 Å². The van der Waals surface area contributed by atoms with Gasteiger partial charge in [-0.3, -0.25) is 0 Å². The van der Waals surface area contributed by atoms with Crippen LogP contribution >= 0.6 is 0 Å². The van der Waals surface area contributed by atoms with Crippen LogP contribution in [-0.4, -0.2) is 4.98 Å². The molecule has 1 heterocycles. The fourth-order valence-electron chi connectivity index (χ4n) is 1.73. The van der Waals surface area contributed by atoms with Crippen LogP contribution in [0.5, 0.6) is 0 Å². The minimum absolute atomic E-state index is 1.18. The van der Waals surface area contributed by atoms with E-state index in [1.807, 2.05) is 6.20 Å². The van der Waals surface area contributed by atoms with E-state index in [-0.39, 0.29) is 0 Å². The lowest BCUT2D eigenvalue weighted by molar-refractivity contribution is 1.41. The molecule has 0 atom stereocenters. The maximum atomic E-state index is 3.14. The van der Waals surface area contributed by atoms with E-state index >= 15 is 0 Å². The van der Waals surface area contributed by atoms with Crippen LogP contribution < -0.4 is 0 Å². The molecule has 1 radical (unpaired) electrons. The molecule has 0 unspecified atom stereocenters. The second kappa shape index (κ2) is 2.36. The molecule has 0 saturated heterocycles. The van der Waals surface area contributed by atoms with Crippen molar-refractivity contribution in [1.82, 2.24) is 4.98 Å².